The Labute approximate surface area is 120 Å². The summed E-state index contributed by atoms with van der Waals surface area (Å²) in [5.41, 5.74) is 0. The highest BCUT2D eigenvalue weighted by molar-refractivity contribution is 8.00. The second-order valence-corrected chi connectivity index (χ2v) is 4.94. The van der Waals surface area contributed by atoms with Gasteiger partial charge in [0.25, 0.3) is 0 Å². The fourth-order valence-electron chi connectivity index (χ4n) is 1.18. The zero-order valence-electron chi connectivity index (χ0n) is 10.1. The molecule has 0 aliphatic carbocycles. The number of rotatable bonds is 8. The molecular formula is C12H14ClNO4S. The number of nitrogens with one attached hydrogen (secondary N) is 1. The van der Waals surface area contributed by atoms with E-state index in [9.17, 15) is 9.59 Å². The highest BCUT2D eigenvalue weighted by Crippen LogP contribution is 2.26. The van der Waals surface area contributed by atoms with Crippen LogP contribution in [0.5, 0.6) is 0 Å². The van der Waals surface area contributed by atoms with Crippen molar-refractivity contribution in [1.82, 2.24) is 5.32 Å². The van der Waals surface area contributed by atoms with Crippen molar-refractivity contribution in [2.45, 2.75) is 4.90 Å². The Hall–Kier alpha value is -1.24. The highest BCUT2D eigenvalue weighted by Gasteiger charge is 2.05. The second kappa shape index (κ2) is 8.79. The predicted octanol–water partition coefficient (Wildman–Crippen LogP) is 1.65. The lowest BCUT2D eigenvalue weighted by Crippen LogP contribution is -2.29. The van der Waals surface area contributed by atoms with E-state index in [-0.39, 0.29) is 31.4 Å². The predicted molar refractivity (Wildman–Crippen MR) is 73.6 cm³/mol. The Kier molecular flexibility index (Phi) is 7.32. The van der Waals surface area contributed by atoms with Crippen LogP contribution in [0.2, 0.25) is 5.02 Å². The van der Waals surface area contributed by atoms with Crippen molar-refractivity contribution < 1.29 is 19.4 Å². The third-order valence-corrected chi connectivity index (χ3v) is 3.50. The topological polar surface area (TPSA) is 75.6 Å². The minimum atomic E-state index is -1.03. The number of hydrogen-bond donors (Lipinski definition) is 2. The normalized spacial score (nSPS) is 10.2. The summed E-state index contributed by atoms with van der Waals surface area (Å²) in [4.78, 5) is 22.5. The molecule has 0 atom stereocenters. The summed E-state index contributed by atoms with van der Waals surface area (Å²) in [5.74, 6) is -0.924. The van der Waals surface area contributed by atoms with E-state index >= 15 is 0 Å². The minimum Gasteiger partial charge on any atom is -0.480 e. The number of carbonyl (C=O) groups excluding carboxylic acids is 1. The molecule has 5 nitrogen and oxygen atoms in total. The molecule has 0 aromatic heterocycles. The zero-order valence-corrected chi connectivity index (χ0v) is 11.7. The van der Waals surface area contributed by atoms with Gasteiger partial charge in [0, 0.05) is 11.4 Å². The summed E-state index contributed by atoms with van der Waals surface area (Å²) in [6, 6.07) is 7.29. The van der Waals surface area contributed by atoms with Crippen LogP contribution in [-0.2, 0) is 14.3 Å². The van der Waals surface area contributed by atoms with E-state index in [0.29, 0.717) is 5.02 Å². The fraction of sp³-hybridized carbons (Fsp3) is 0.333. The molecule has 1 aromatic rings. The number of halogens is 1. The van der Waals surface area contributed by atoms with E-state index in [2.05, 4.69) is 5.32 Å². The quantitative estimate of drug-likeness (QED) is 0.564. The summed E-state index contributed by atoms with van der Waals surface area (Å²) in [6.45, 7) is 0.105. The van der Waals surface area contributed by atoms with Crippen LogP contribution in [0.1, 0.15) is 0 Å². The summed E-state index contributed by atoms with van der Waals surface area (Å²) in [7, 11) is 0. The van der Waals surface area contributed by atoms with E-state index in [1.807, 2.05) is 18.2 Å². The molecule has 0 unspecified atom stereocenters. The van der Waals surface area contributed by atoms with Gasteiger partial charge >= 0.3 is 5.97 Å². The van der Waals surface area contributed by atoms with Crippen LogP contribution in [-0.4, -0.2) is 42.5 Å². The van der Waals surface area contributed by atoms with E-state index in [1.54, 1.807) is 6.07 Å². The lowest BCUT2D eigenvalue weighted by molar-refractivity contribution is -0.142. The van der Waals surface area contributed by atoms with Gasteiger partial charge in [0.15, 0.2) is 0 Å². The van der Waals surface area contributed by atoms with Crippen LogP contribution in [0.3, 0.4) is 0 Å². The number of amides is 1. The number of thioether (sulfide) groups is 1. The average Bonchev–Trinajstić information content (AvgIpc) is 2.37. The Bertz CT molecular complexity index is 441. The number of carbonyl (C=O) groups is 2. The van der Waals surface area contributed by atoms with Crippen molar-refractivity contribution in [2.75, 3.05) is 25.5 Å². The molecule has 7 heteroatoms. The van der Waals surface area contributed by atoms with E-state index in [4.69, 9.17) is 21.4 Å². The molecule has 1 rings (SSSR count). The Morgan fingerprint density at radius 3 is 2.79 bits per heavy atom. The first kappa shape index (κ1) is 15.8. The molecule has 0 saturated heterocycles. The summed E-state index contributed by atoms with van der Waals surface area (Å²) in [5, 5.41) is 11.6. The molecular weight excluding hydrogens is 290 g/mol. The van der Waals surface area contributed by atoms with Gasteiger partial charge < -0.3 is 15.2 Å². The number of benzene rings is 1. The van der Waals surface area contributed by atoms with Crippen LogP contribution in [0.4, 0.5) is 0 Å². The van der Waals surface area contributed by atoms with Crippen LogP contribution in [0, 0.1) is 0 Å². The fourth-order valence-corrected chi connectivity index (χ4v) is 2.25. The summed E-state index contributed by atoms with van der Waals surface area (Å²) < 4.78 is 4.79. The molecule has 0 bridgehead atoms. The number of aliphatic carboxylic acids is 1. The molecule has 0 aliphatic rings. The lowest BCUT2D eigenvalue weighted by atomic mass is 10.4. The second-order valence-electron chi connectivity index (χ2n) is 3.52. The first-order valence-electron chi connectivity index (χ1n) is 5.53. The van der Waals surface area contributed by atoms with Crippen LogP contribution in [0.15, 0.2) is 29.2 Å². The van der Waals surface area contributed by atoms with Crippen LogP contribution in [0.25, 0.3) is 0 Å². The van der Waals surface area contributed by atoms with Gasteiger partial charge in [0.05, 0.1) is 17.4 Å². The van der Waals surface area contributed by atoms with Gasteiger partial charge in [0.1, 0.15) is 6.61 Å². The van der Waals surface area contributed by atoms with Gasteiger partial charge in [-0.2, -0.15) is 0 Å². The Morgan fingerprint density at radius 2 is 2.11 bits per heavy atom. The van der Waals surface area contributed by atoms with Crippen molar-refractivity contribution >= 4 is 35.2 Å². The van der Waals surface area contributed by atoms with E-state index < -0.39 is 5.97 Å². The Balaban J connectivity index is 2.15. The maximum absolute atomic E-state index is 11.5. The molecule has 19 heavy (non-hydrogen) atoms. The molecule has 104 valence electrons. The van der Waals surface area contributed by atoms with Crippen LogP contribution < -0.4 is 5.32 Å². The van der Waals surface area contributed by atoms with E-state index in [0.717, 1.165) is 4.90 Å². The van der Waals surface area contributed by atoms with Gasteiger partial charge in [-0.05, 0) is 12.1 Å². The molecule has 0 saturated carbocycles. The van der Waals surface area contributed by atoms with Crippen molar-refractivity contribution in [3.63, 3.8) is 0 Å². The molecule has 2 N–H and O–H groups in total. The SMILES string of the molecule is O=C(O)COCCNC(=O)CSc1ccccc1Cl. The standard InChI is InChI=1S/C12H14ClNO4S/c13-9-3-1-2-4-10(9)19-8-11(15)14-5-6-18-7-12(16)17/h1-4H,5-8H2,(H,14,15)(H,16,17). The third-order valence-electron chi connectivity index (χ3n) is 1.99. The third kappa shape index (κ3) is 7.05. The minimum absolute atomic E-state index is 0.149. The number of carboxylic acid groups (broad SMARTS) is 1. The zero-order chi connectivity index (χ0) is 14.1. The molecule has 0 aliphatic heterocycles. The molecule has 1 aromatic carbocycles. The Morgan fingerprint density at radius 1 is 1.37 bits per heavy atom. The summed E-state index contributed by atoms with van der Waals surface area (Å²) in [6.07, 6.45) is 0. The maximum Gasteiger partial charge on any atom is 0.329 e. The van der Waals surface area contributed by atoms with Crippen molar-refractivity contribution in [3.05, 3.63) is 29.3 Å². The lowest BCUT2D eigenvalue weighted by Gasteiger charge is -2.06. The monoisotopic (exact) mass is 303 g/mol. The van der Waals surface area contributed by atoms with Crippen LogP contribution >= 0.6 is 23.4 Å². The van der Waals surface area contributed by atoms with E-state index in [1.165, 1.54) is 11.8 Å². The summed E-state index contributed by atoms with van der Waals surface area (Å²) >= 11 is 7.30. The van der Waals surface area contributed by atoms with Crippen molar-refractivity contribution in [3.8, 4) is 0 Å². The average molecular weight is 304 g/mol. The number of carboxylic acids is 1. The van der Waals surface area contributed by atoms with Gasteiger partial charge in [-0.1, -0.05) is 23.7 Å². The highest BCUT2D eigenvalue weighted by atomic mass is 35.5. The number of hydrogen-bond acceptors (Lipinski definition) is 4. The molecule has 1 amide bonds. The molecule has 0 heterocycles. The molecule has 0 radical (unpaired) electrons. The van der Waals surface area contributed by atoms with Gasteiger partial charge in [-0.25, -0.2) is 4.79 Å². The molecule has 0 fully saturated rings. The first-order chi connectivity index (χ1) is 9.09. The van der Waals surface area contributed by atoms with Crippen molar-refractivity contribution in [1.29, 1.82) is 0 Å². The number of ether oxygens (including phenoxy) is 1. The maximum atomic E-state index is 11.5. The van der Waals surface area contributed by atoms with Gasteiger partial charge in [-0.15, -0.1) is 11.8 Å². The van der Waals surface area contributed by atoms with Gasteiger partial charge in [0.2, 0.25) is 5.91 Å². The largest absolute Gasteiger partial charge is 0.480 e. The van der Waals surface area contributed by atoms with Crippen molar-refractivity contribution in [2.24, 2.45) is 0 Å². The van der Waals surface area contributed by atoms with Gasteiger partial charge in [-0.3, -0.25) is 4.79 Å². The molecule has 0 spiro atoms. The first-order valence-corrected chi connectivity index (χ1v) is 6.89. The smallest absolute Gasteiger partial charge is 0.329 e.